The Bertz CT molecular complexity index is 581. The van der Waals surface area contributed by atoms with Crippen LogP contribution in [0.25, 0.3) is 0 Å². The minimum Gasteiger partial charge on any atom is -0.388 e. The van der Waals surface area contributed by atoms with E-state index in [-0.39, 0.29) is 17.5 Å². The summed E-state index contributed by atoms with van der Waals surface area (Å²) in [5, 5.41) is 9.99. The third kappa shape index (κ3) is 2.98. The number of rotatable bonds is 3. The van der Waals surface area contributed by atoms with E-state index in [1.807, 2.05) is 0 Å². The zero-order chi connectivity index (χ0) is 14.0. The summed E-state index contributed by atoms with van der Waals surface area (Å²) in [6.45, 7) is 0. The molecule has 0 heterocycles. The molecule has 0 fully saturated rings. The molecule has 0 amide bonds. The van der Waals surface area contributed by atoms with Crippen molar-refractivity contribution in [2.75, 3.05) is 0 Å². The normalized spacial score (nSPS) is 12.5. The first kappa shape index (κ1) is 14.1. The summed E-state index contributed by atoms with van der Waals surface area (Å²) in [4.78, 5) is 0. The van der Waals surface area contributed by atoms with E-state index in [4.69, 9.17) is 0 Å². The van der Waals surface area contributed by atoms with Crippen LogP contribution >= 0.6 is 15.9 Å². The highest BCUT2D eigenvalue weighted by atomic mass is 79.9. The standard InChI is InChI=1S/C14H10BrF3O/c15-9-4-2-5-10(16)13(9)12(19)7-8-3-1-6-11(17)14(8)18/h1-6,12,19H,7H2. The topological polar surface area (TPSA) is 20.2 Å². The van der Waals surface area contributed by atoms with Gasteiger partial charge in [0.15, 0.2) is 11.6 Å². The Labute approximate surface area is 116 Å². The number of aliphatic hydroxyl groups is 1. The molecule has 0 bridgehead atoms. The largest absolute Gasteiger partial charge is 0.388 e. The smallest absolute Gasteiger partial charge is 0.162 e. The van der Waals surface area contributed by atoms with Gasteiger partial charge in [0.25, 0.3) is 0 Å². The maximum atomic E-state index is 13.6. The average molecular weight is 331 g/mol. The zero-order valence-corrected chi connectivity index (χ0v) is 11.3. The van der Waals surface area contributed by atoms with Crippen LogP contribution in [-0.2, 0) is 6.42 Å². The Morgan fingerprint density at radius 1 is 1.00 bits per heavy atom. The SMILES string of the molecule is OC(Cc1cccc(F)c1F)c1c(F)cccc1Br. The zero-order valence-electron chi connectivity index (χ0n) is 9.71. The van der Waals surface area contributed by atoms with Crippen LogP contribution in [0.4, 0.5) is 13.2 Å². The third-order valence-corrected chi connectivity index (χ3v) is 3.47. The molecule has 2 rings (SSSR count). The summed E-state index contributed by atoms with van der Waals surface area (Å²) in [6, 6.07) is 7.95. The van der Waals surface area contributed by atoms with E-state index in [1.54, 1.807) is 6.07 Å². The number of hydrogen-bond acceptors (Lipinski definition) is 1. The van der Waals surface area contributed by atoms with Crippen LogP contribution in [0.1, 0.15) is 17.2 Å². The van der Waals surface area contributed by atoms with Crippen molar-refractivity contribution in [2.45, 2.75) is 12.5 Å². The van der Waals surface area contributed by atoms with Gasteiger partial charge in [0, 0.05) is 16.5 Å². The van der Waals surface area contributed by atoms with Gasteiger partial charge in [-0.25, -0.2) is 13.2 Å². The van der Waals surface area contributed by atoms with E-state index in [1.165, 1.54) is 24.3 Å². The van der Waals surface area contributed by atoms with Crippen LogP contribution in [0.5, 0.6) is 0 Å². The predicted molar refractivity (Wildman–Crippen MR) is 69.1 cm³/mol. The van der Waals surface area contributed by atoms with Gasteiger partial charge < -0.3 is 5.11 Å². The van der Waals surface area contributed by atoms with Crippen molar-refractivity contribution < 1.29 is 18.3 Å². The van der Waals surface area contributed by atoms with Gasteiger partial charge in [-0.1, -0.05) is 34.1 Å². The van der Waals surface area contributed by atoms with Crippen LogP contribution in [0.2, 0.25) is 0 Å². The van der Waals surface area contributed by atoms with Crippen molar-refractivity contribution in [3.63, 3.8) is 0 Å². The predicted octanol–water partition coefficient (Wildman–Crippen LogP) is 4.14. The Morgan fingerprint density at radius 3 is 2.32 bits per heavy atom. The van der Waals surface area contributed by atoms with Crippen LogP contribution in [-0.4, -0.2) is 5.11 Å². The first-order valence-electron chi connectivity index (χ1n) is 5.55. The molecule has 0 aromatic heterocycles. The van der Waals surface area contributed by atoms with E-state index < -0.39 is 23.6 Å². The molecule has 2 aromatic rings. The average Bonchev–Trinajstić information content (AvgIpc) is 2.35. The highest BCUT2D eigenvalue weighted by molar-refractivity contribution is 9.10. The summed E-state index contributed by atoms with van der Waals surface area (Å²) in [5.74, 6) is -2.61. The second-order valence-electron chi connectivity index (χ2n) is 4.07. The highest BCUT2D eigenvalue weighted by Gasteiger charge is 2.19. The summed E-state index contributed by atoms with van der Waals surface area (Å²) >= 11 is 3.13. The molecule has 1 nitrogen and oxygen atoms in total. The van der Waals surface area contributed by atoms with Crippen molar-refractivity contribution in [3.05, 3.63) is 69.4 Å². The minimum absolute atomic E-state index is 0.00246. The van der Waals surface area contributed by atoms with Gasteiger partial charge in [-0.05, 0) is 23.8 Å². The van der Waals surface area contributed by atoms with Crippen molar-refractivity contribution in [1.29, 1.82) is 0 Å². The maximum Gasteiger partial charge on any atom is 0.162 e. The molecule has 0 radical (unpaired) electrons. The van der Waals surface area contributed by atoms with Gasteiger partial charge in [-0.2, -0.15) is 0 Å². The van der Waals surface area contributed by atoms with Crippen molar-refractivity contribution >= 4 is 15.9 Å². The molecule has 100 valence electrons. The van der Waals surface area contributed by atoms with E-state index in [0.717, 1.165) is 6.07 Å². The Balaban J connectivity index is 2.31. The van der Waals surface area contributed by atoms with Crippen LogP contribution in [0.15, 0.2) is 40.9 Å². The first-order valence-corrected chi connectivity index (χ1v) is 6.35. The molecule has 5 heteroatoms. The second-order valence-corrected chi connectivity index (χ2v) is 4.92. The molecule has 1 unspecified atom stereocenters. The fourth-order valence-electron chi connectivity index (χ4n) is 1.85. The summed E-state index contributed by atoms with van der Waals surface area (Å²) in [6.07, 6.45) is -1.46. The Hall–Kier alpha value is -1.33. The molecule has 1 N–H and O–H groups in total. The van der Waals surface area contributed by atoms with E-state index in [9.17, 15) is 18.3 Å². The number of benzene rings is 2. The van der Waals surface area contributed by atoms with Crippen LogP contribution < -0.4 is 0 Å². The number of hydrogen-bond donors (Lipinski definition) is 1. The lowest BCUT2D eigenvalue weighted by Gasteiger charge is -2.14. The molecule has 1 atom stereocenters. The molecule has 0 saturated heterocycles. The molecular weight excluding hydrogens is 321 g/mol. The first-order chi connectivity index (χ1) is 9.00. The fraction of sp³-hybridized carbons (Fsp3) is 0.143. The van der Waals surface area contributed by atoms with E-state index in [2.05, 4.69) is 15.9 Å². The second kappa shape index (κ2) is 5.75. The molecule has 2 aromatic carbocycles. The lowest BCUT2D eigenvalue weighted by atomic mass is 10.0. The summed E-state index contributed by atoms with van der Waals surface area (Å²) in [5.41, 5.74) is 0.0359. The van der Waals surface area contributed by atoms with Gasteiger partial charge in [0.1, 0.15) is 5.82 Å². The fourth-order valence-corrected chi connectivity index (χ4v) is 2.45. The molecular formula is C14H10BrF3O. The van der Waals surface area contributed by atoms with Gasteiger partial charge in [-0.15, -0.1) is 0 Å². The summed E-state index contributed by atoms with van der Waals surface area (Å²) in [7, 11) is 0. The van der Waals surface area contributed by atoms with Gasteiger partial charge in [-0.3, -0.25) is 0 Å². The van der Waals surface area contributed by atoms with Gasteiger partial charge in [0.2, 0.25) is 0 Å². The number of halogens is 4. The number of aliphatic hydroxyl groups excluding tert-OH is 1. The van der Waals surface area contributed by atoms with Crippen molar-refractivity contribution in [1.82, 2.24) is 0 Å². The van der Waals surface area contributed by atoms with E-state index >= 15 is 0 Å². The maximum absolute atomic E-state index is 13.6. The molecule has 0 saturated carbocycles. The lowest BCUT2D eigenvalue weighted by molar-refractivity contribution is 0.171. The van der Waals surface area contributed by atoms with Gasteiger partial charge in [0.05, 0.1) is 6.10 Å². The van der Waals surface area contributed by atoms with E-state index in [0.29, 0.717) is 4.47 Å². The Morgan fingerprint density at radius 2 is 1.63 bits per heavy atom. The van der Waals surface area contributed by atoms with Crippen molar-refractivity contribution in [3.8, 4) is 0 Å². The molecule has 0 aliphatic rings. The minimum atomic E-state index is -1.26. The van der Waals surface area contributed by atoms with Gasteiger partial charge >= 0.3 is 0 Å². The Kier molecular flexibility index (Phi) is 4.27. The summed E-state index contributed by atoms with van der Waals surface area (Å²) < 4.78 is 40.5. The van der Waals surface area contributed by atoms with Crippen molar-refractivity contribution in [2.24, 2.45) is 0 Å². The molecule has 19 heavy (non-hydrogen) atoms. The monoisotopic (exact) mass is 330 g/mol. The molecule has 0 spiro atoms. The highest BCUT2D eigenvalue weighted by Crippen LogP contribution is 2.29. The molecule has 0 aliphatic carbocycles. The van der Waals surface area contributed by atoms with Crippen LogP contribution in [0.3, 0.4) is 0 Å². The van der Waals surface area contributed by atoms with Crippen LogP contribution in [0, 0.1) is 17.5 Å². The molecule has 0 aliphatic heterocycles. The third-order valence-electron chi connectivity index (χ3n) is 2.78. The lowest BCUT2D eigenvalue weighted by Crippen LogP contribution is -2.07. The quantitative estimate of drug-likeness (QED) is 0.896.